The summed E-state index contributed by atoms with van der Waals surface area (Å²) in [6.07, 6.45) is 1.91. The molecule has 2 heterocycles. The lowest BCUT2D eigenvalue weighted by Crippen LogP contribution is -2.52. The second-order valence-electron chi connectivity index (χ2n) is 8.45. The van der Waals surface area contributed by atoms with Crippen LogP contribution in [0.3, 0.4) is 0 Å². The highest BCUT2D eigenvalue weighted by Gasteiger charge is 2.43. The zero-order valence-electron chi connectivity index (χ0n) is 19.2. The van der Waals surface area contributed by atoms with E-state index in [4.69, 9.17) is 19.0 Å². The van der Waals surface area contributed by atoms with E-state index in [9.17, 15) is 24.0 Å². The van der Waals surface area contributed by atoms with Crippen molar-refractivity contribution in [3.63, 3.8) is 0 Å². The van der Waals surface area contributed by atoms with E-state index in [0.29, 0.717) is 11.5 Å². The molecular weight excluding hydrogens is 422 g/mol. The van der Waals surface area contributed by atoms with Crippen molar-refractivity contribution < 1.29 is 43.0 Å². The molecule has 0 aliphatic carbocycles. The topological polar surface area (TPSA) is 126 Å². The van der Waals surface area contributed by atoms with Crippen LogP contribution in [0.5, 0.6) is 0 Å². The van der Waals surface area contributed by atoms with Crippen molar-refractivity contribution in [3.05, 3.63) is 0 Å². The van der Waals surface area contributed by atoms with Gasteiger partial charge < -0.3 is 19.0 Å². The van der Waals surface area contributed by atoms with E-state index in [0.717, 1.165) is 19.3 Å². The van der Waals surface area contributed by atoms with Gasteiger partial charge in [-0.2, -0.15) is 0 Å². The van der Waals surface area contributed by atoms with Crippen molar-refractivity contribution in [2.24, 2.45) is 11.8 Å². The first kappa shape index (κ1) is 25.8. The van der Waals surface area contributed by atoms with Crippen LogP contribution in [0.15, 0.2) is 0 Å². The number of carbonyl (C=O) groups excluding carboxylic acids is 5. The van der Waals surface area contributed by atoms with Crippen LogP contribution in [0.4, 0.5) is 0 Å². The molecule has 0 aromatic rings. The number of nitrogens with zero attached hydrogens (tertiary/aromatic N) is 1. The first-order valence-corrected chi connectivity index (χ1v) is 11.1. The van der Waals surface area contributed by atoms with Crippen LogP contribution < -0.4 is 0 Å². The van der Waals surface area contributed by atoms with Crippen LogP contribution in [0.1, 0.15) is 72.6 Å². The lowest BCUT2D eigenvalue weighted by molar-refractivity contribution is -0.206. The molecule has 2 rings (SSSR count). The van der Waals surface area contributed by atoms with E-state index in [2.05, 4.69) is 0 Å². The molecule has 10 nitrogen and oxygen atoms in total. The maximum absolute atomic E-state index is 11.9. The number of imide groups is 1. The quantitative estimate of drug-likeness (QED) is 0.276. The Kier molecular flexibility index (Phi) is 9.61. The van der Waals surface area contributed by atoms with Gasteiger partial charge in [-0.25, -0.2) is 4.79 Å². The number of rotatable bonds is 10. The fourth-order valence-corrected chi connectivity index (χ4v) is 4.04. The van der Waals surface area contributed by atoms with Crippen molar-refractivity contribution in [1.82, 2.24) is 5.06 Å². The van der Waals surface area contributed by atoms with Crippen molar-refractivity contribution in [2.45, 2.75) is 91.0 Å². The van der Waals surface area contributed by atoms with E-state index >= 15 is 0 Å². The number of carbonyl (C=O) groups is 5. The fraction of sp³-hybridized carbons (Fsp3) is 0.773. The molecule has 0 N–H and O–H groups in total. The van der Waals surface area contributed by atoms with E-state index in [1.807, 2.05) is 13.8 Å². The van der Waals surface area contributed by atoms with Gasteiger partial charge in [0.25, 0.3) is 11.8 Å². The smallest absolute Gasteiger partial charge is 0.333 e. The average molecular weight is 456 g/mol. The van der Waals surface area contributed by atoms with Crippen LogP contribution in [-0.2, 0) is 43.0 Å². The summed E-state index contributed by atoms with van der Waals surface area (Å²) in [6.45, 7) is 6.70. The molecule has 2 aliphatic heterocycles. The minimum atomic E-state index is -0.602. The standard InChI is InChI=1S/C22H33NO9/c1-13-14(2)22(30-16(4)25)18(12-29-15(3)24)31-17(13)8-6-5-7-9-21(28)32-23-19(26)10-11-20(23)27/h13-14,17-18,22H,5-12H2,1-4H3/t13?,14-,17?,18?,22-/m1/s1. The fourth-order valence-electron chi connectivity index (χ4n) is 4.04. The largest absolute Gasteiger partial charge is 0.463 e. The molecule has 0 radical (unpaired) electrons. The molecule has 10 heteroatoms. The molecule has 5 atom stereocenters. The second kappa shape index (κ2) is 11.9. The van der Waals surface area contributed by atoms with Crippen LogP contribution >= 0.6 is 0 Å². The summed E-state index contributed by atoms with van der Waals surface area (Å²) in [7, 11) is 0. The summed E-state index contributed by atoms with van der Waals surface area (Å²) in [6, 6.07) is 0. The van der Waals surface area contributed by atoms with Gasteiger partial charge in [0.15, 0.2) is 0 Å². The lowest BCUT2D eigenvalue weighted by Gasteiger charge is -2.44. The number of ether oxygens (including phenoxy) is 3. The predicted molar refractivity (Wildman–Crippen MR) is 109 cm³/mol. The molecule has 0 aromatic carbocycles. The number of hydroxylamine groups is 2. The minimum Gasteiger partial charge on any atom is -0.463 e. The maximum Gasteiger partial charge on any atom is 0.333 e. The zero-order chi connectivity index (χ0) is 23.8. The predicted octanol–water partition coefficient (Wildman–Crippen LogP) is 2.08. The maximum atomic E-state index is 11.9. The normalized spacial score (nSPS) is 27.9. The van der Waals surface area contributed by atoms with E-state index in [1.165, 1.54) is 13.8 Å². The SMILES string of the molecule is CC(=O)OCC1OC(CCCCCC(=O)ON2C(=O)CCC2=O)C(C)[C@@H](C)[C@H]1OC(C)=O. The summed E-state index contributed by atoms with van der Waals surface area (Å²) in [5.41, 5.74) is 0. The van der Waals surface area contributed by atoms with Gasteiger partial charge in [0.1, 0.15) is 18.8 Å². The molecule has 2 aliphatic rings. The van der Waals surface area contributed by atoms with Gasteiger partial charge in [-0.05, 0) is 18.8 Å². The number of unbranched alkanes of at least 4 members (excludes halogenated alkanes) is 2. The Morgan fingerprint density at radius 3 is 2.19 bits per heavy atom. The Hall–Kier alpha value is -2.49. The summed E-state index contributed by atoms with van der Waals surface area (Å²) < 4.78 is 16.7. The lowest BCUT2D eigenvalue weighted by atomic mass is 9.79. The summed E-state index contributed by atoms with van der Waals surface area (Å²) in [4.78, 5) is 62.4. The number of esters is 2. The Morgan fingerprint density at radius 2 is 1.59 bits per heavy atom. The first-order chi connectivity index (χ1) is 15.1. The molecule has 2 fully saturated rings. The van der Waals surface area contributed by atoms with Crippen LogP contribution in [0, 0.1) is 11.8 Å². The van der Waals surface area contributed by atoms with Gasteiger partial charge >= 0.3 is 17.9 Å². The van der Waals surface area contributed by atoms with Crippen molar-refractivity contribution in [1.29, 1.82) is 0 Å². The Labute approximate surface area is 187 Å². The molecule has 0 aromatic heterocycles. The first-order valence-electron chi connectivity index (χ1n) is 11.1. The van der Waals surface area contributed by atoms with Gasteiger partial charge in [-0.15, -0.1) is 5.06 Å². The minimum absolute atomic E-state index is 0.0145. The van der Waals surface area contributed by atoms with Crippen molar-refractivity contribution in [3.8, 4) is 0 Å². The zero-order valence-corrected chi connectivity index (χ0v) is 19.2. The molecule has 180 valence electrons. The van der Waals surface area contributed by atoms with Gasteiger partial charge in [-0.3, -0.25) is 19.2 Å². The van der Waals surface area contributed by atoms with E-state index in [1.54, 1.807) is 0 Å². The molecule has 0 spiro atoms. The third-order valence-corrected chi connectivity index (χ3v) is 5.97. The molecule has 2 saturated heterocycles. The third-order valence-electron chi connectivity index (χ3n) is 5.97. The molecule has 32 heavy (non-hydrogen) atoms. The summed E-state index contributed by atoms with van der Waals surface area (Å²) in [5.74, 6) is -2.29. The van der Waals surface area contributed by atoms with Gasteiger partial charge in [0.05, 0.1) is 6.10 Å². The average Bonchev–Trinajstić information content (AvgIpc) is 3.03. The molecule has 2 amide bonds. The highest BCUT2D eigenvalue weighted by molar-refractivity contribution is 6.01. The Morgan fingerprint density at radius 1 is 0.938 bits per heavy atom. The van der Waals surface area contributed by atoms with Crippen LogP contribution in [0.25, 0.3) is 0 Å². The summed E-state index contributed by atoms with van der Waals surface area (Å²) in [5, 5.41) is 0.560. The second-order valence-corrected chi connectivity index (χ2v) is 8.45. The van der Waals surface area contributed by atoms with E-state index < -0.39 is 41.9 Å². The number of hydrogen-bond donors (Lipinski definition) is 0. The van der Waals surface area contributed by atoms with Gasteiger partial charge in [0.2, 0.25) is 0 Å². The van der Waals surface area contributed by atoms with Gasteiger partial charge in [0, 0.05) is 39.0 Å². The number of hydrogen-bond acceptors (Lipinski definition) is 9. The van der Waals surface area contributed by atoms with Crippen molar-refractivity contribution >= 4 is 29.7 Å². The monoisotopic (exact) mass is 455 g/mol. The summed E-state index contributed by atoms with van der Waals surface area (Å²) >= 11 is 0. The third kappa shape index (κ3) is 7.29. The van der Waals surface area contributed by atoms with Crippen LogP contribution in [0.2, 0.25) is 0 Å². The molecule has 3 unspecified atom stereocenters. The Bertz CT molecular complexity index is 706. The highest BCUT2D eigenvalue weighted by atomic mass is 16.7. The molecule has 0 saturated carbocycles. The Balaban J connectivity index is 1.78. The highest BCUT2D eigenvalue weighted by Crippen LogP contribution is 2.35. The van der Waals surface area contributed by atoms with Gasteiger partial charge in [-0.1, -0.05) is 26.7 Å². The van der Waals surface area contributed by atoms with Crippen LogP contribution in [-0.4, -0.2) is 59.7 Å². The van der Waals surface area contributed by atoms with Crippen molar-refractivity contribution in [2.75, 3.05) is 6.61 Å². The van der Waals surface area contributed by atoms with E-state index in [-0.39, 0.29) is 43.8 Å². The molecular formula is C22H33NO9. The molecule has 0 bridgehead atoms. The number of amides is 2.